The minimum Gasteiger partial charge on any atom is -0.448 e. The van der Waals surface area contributed by atoms with Crippen molar-refractivity contribution < 1.29 is 27.5 Å². The van der Waals surface area contributed by atoms with Crippen molar-refractivity contribution in [3.8, 4) is 0 Å². The van der Waals surface area contributed by atoms with Gasteiger partial charge in [-0.3, -0.25) is 4.79 Å². The first kappa shape index (κ1) is 18.0. The maximum Gasteiger partial charge on any atom is 0.416 e. The molecule has 1 atom stereocenters. The fraction of sp³-hybridized carbons (Fsp3) is 0.263. The highest BCUT2D eigenvalue weighted by Gasteiger charge is 2.31. The van der Waals surface area contributed by atoms with Crippen molar-refractivity contribution in [2.45, 2.75) is 25.1 Å². The number of halogens is 3. The summed E-state index contributed by atoms with van der Waals surface area (Å²) in [4.78, 5) is 24.1. The third kappa shape index (κ3) is 4.04. The minimum atomic E-state index is -4.37. The van der Waals surface area contributed by atoms with E-state index in [0.717, 1.165) is 17.7 Å². The van der Waals surface area contributed by atoms with Crippen molar-refractivity contribution >= 4 is 11.9 Å². The molecule has 2 aromatic rings. The molecule has 7 heteroatoms. The van der Waals surface area contributed by atoms with Crippen LogP contribution in [0.25, 0.3) is 0 Å². The van der Waals surface area contributed by atoms with Gasteiger partial charge < -0.3 is 10.1 Å². The summed E-state index contributed by atoms with van der Waals surface area (Å²) in [5.74, 6) is -0.950. The summed E-state index contributed by atoms with van der Waals surface area (Å²) in [7, 11) is 0. The van der Waals surface area contributed by atoms with Crippen LogP contribution in [0.3, 0.4) is 0 Å². The maximum absolute atomic E-state index is 12.5. The van der Waals surface area contributed by atoms with Crippen molar-refractivity contribution in [1.82, 2.24) is 5.32 Å². The quantitative estimate of drug-likeness (QED) is 0.849. The highest BCUT2D eigenvalue weighted by molar-refractivity contribution is 5.95. The van der Waals surface area contributed by atoms with Crippen molar-refractivity contribution in [1.29, 1.82) is 0 Å². The number of hydrogen-bond acceptors (Lipinski definition) is 3. The van der Waals surface area contributed by atoms with Crippen LogP contribution in [-0.2, 0) is 28.5 Å². The van der Waals surface area contributed by atoms with Crippen molar-refractivity contribution in [3.05, 3.63) is 70.8 Å². The molecule has 2 aromatic carbocycles. The summed E-state index contributed by atoms with van der Waals surface area (Å²) < 4.78 is 42.7. The highest BCUT2D eigenvalue weighted by atomic mass is 19.4. The van der Waals surface area contributed by atoms with E-state index < -0.39 is 29.7 Å². The number of esters is 1. The molecule has 0 spiro atoms. The highest BCUT2D eigenvalue weighted by Crippen LogP contribution is 2.29. The van der Waals surface area contributed by atoms with Gasteiger partial charge in [-0.25, -0.2) is 4.79 Å². The number of benzene rings is 2. The molecule has 136 valence electrons. The SMILES string of the molecule is O=C1OC(C(=O)NCCc2ccc(C(F)(F)F)cc2)Cc2ccccc21. The Morgan fingerprint density at radius 3 is 2.50 bits per heavy atom. The number of carbonyl (C=O) groups excluding carboxylic acids is 2. The Bertz CT molecular complexity index is 816. The van der Waals surface area contributed by atoms with Gasteiger partial charge in [-0.1, -0.05) is 30.3 Å². The van der Waals surface area contributed by atoms with Gasteiger partial charge in [0.1, 0.15) is 0 Å². The molecule has 0 aromatic heterocycles. The van der Waals surface area contributed by atoms with Gasteiger partial charge >= 0.3 is 12.1 Å². The second-order valence-electron chi connectivity index (χ2n) is 5.99. The zero-order valence-corrected chi connectivity index (χ0v) is 13.7. The predicted molar refractivity (Wildman–Crippen MR) is 87.5 cm³/mol. The normalized spacial score (nSPS) is 16.6. The molecule has 0 radical (unpaired) electrons. The monoisotopic (exact) mass is 363 g/mol. The van der Waals surface area contributed by atoms with Crippen molar-refractivity contribution in [3.63, 3.8) is 0 Å². The van der Waals surface area contributed by atoms with E-state index in [-0.39, 0.29) is 6.54 Å². The number of carbonyl (C=O) groups is 2. The van der Waals surface area contributed by atoms with Crippen LogP contribution >= 0.6 is 0 Å². The Morgan fingerprint density at radius 1 is 1.12 bits per heavy atom. The van der Waals surface area contributed by atoms with Gasteiger partial charge in [0, 0.05) is 13.0 Å². The molecule has 1 N–H and O–H groups in total. The Kier molecular flexibility index (Phi) is 4.97. The topological polar surface area (TPSA) is 55.4 Å². The van der Waals surface area contributed by atoms with Crippen LogP contribution in [0.5, 0.6) is 0 Å². The van der Waals surface area contributed by atoms with Crippen molar-refractivity contribution in [2.75, 3.05) is 6.54 Å². The molecule has 0 fully saturated rings. The summed E-state index contributed by atoms with van der Waals surface area (Å²) in [6, 6.07) is 11.7. The van der Waals surface area contributed by atoms with E-state index in [2.05, 4.69) is 5.32 Å². The van der Waals surface area contributed by atoms with E-state index in [1.54, 1.807) is 24.3 Å². The van der Waals surface area contributed by atoms with Crippen LogP contribution in [0.2, 0.25) is 0 Å². The van der Waals surface area contributed by atoms with E-state index in [4.69, 9.17) is 4.74 Å². The van der Waals surface area contributed by atoms with Gasteiger partial charge in [-0.05, 0) is 35.7 Å². The molecule has 4 nitrogen and oxygen atoms in total. The zero-order chi connectivity index (χ0) is 18.7. The number of fused-ring (bicyclic) bond motifs is 1. The number of nitrogens with one attached hydrogen (secondary N) is 1. The minimum absolute atomic E-state index is 0.236. The van der Waals surface area contributed by atoms with Gasteiger partial charge in [0.2, 0.25) is 0 Å². The number of rotatable bonds is 4. The molecule has 0 bridgehead atoms. The average molecular weight is 363 g/mol. The lowest BCUT2D eigenvalue weighted by Crippen LogP contribution is -2.42. The van der Waals surface area contributed by atoms with E-state index >= 15 is 0 Å². The van der Waals surface area contributed by atoms with Crippen LogP contribution in [0.4, 0.5) is 13.2 Å². The number of alkyl halides is 3. The van der Waals surface area contributed by atoms with E-state index in [9.17, 15) is 22.8 Å². The number of hydrogen-bond donors (Lipinski definition) is 1. The third-order valence-electron chi connectivity index (χ3n) is 4.18. The van der Waals surface area contributed by atoms with Crippen LogP contribution in [0.1, 0.15) is 27.0 Å². The van der Waals surface area contributed by atoms with Crippen LogP contribution in [0, 0.1) is 0 Å². The molecular formula is C19H16F3NO3. The maximum atomic E-state index is 12.5. The Hall–Kier alpha value is -2.83. The van der Waals surface area contributed by atoms with Gasteiger partial charge in [0.25, 0.3) is 5.91 Å². The van der Waals surface area contributed by atoms with Crippen LogP contribution in [0.15, 0.2) is 48.5 Å². The molecule has 0 saturated carbocycles. The molecule has 26 heavy (non-hydrogen) atoms. The average Bonchev–Trinajstić information content (AvgIpc) is 2.61. The standard InChI is InChI=1S/C19H16F3NO3/c20-19(21,22)14-7-5-12(6-8-14)9-10-23-17(24)16-11-13-3-1-2-4-15(13)18(25)26-16/h1-8,16H,9-11H2,(H,23,24). The molecular weight excluding hydrogens is 347 g/mol. The largest absolute Gasteiger partial charge is 0.448 e. The Balaban J connectivity index is 1.53. The molecule has 0 saturated heterocycles. The van der Waals surface area contributed by atoms with Gasteiger partial charge in [-0.15, -0.1) is 0 Å². The van der Waals surface area contributed by atoms with E-state index in [0.29, 0.717) is 24.0 Å². The van der Waals surface area contributed by atoms with E-state index in [1.807, 2.05) is 0 Å². The lowest BCUT2D eigenvalue weighted by Gasteiger charge is -2.23. The fourth-order valence-corrected chi connectivity index (χ4v) is 2.78. The van der Waals surface area contributed by atoms with Crippen molar-refractivity contribution in [2.24, 2.45) is 0 Å². The van der Waals surface area contributed by atoms with Gasteiger partial charge in [0.05, 0.1) is 11.1 Å². The molecule has 0 aliphatic carbocycles. The van der Waals surface area contributed by atoms with Crippen LogP contribution < -0.4 is 5.32 Å². The van der Waals surface area contributed by atoms with Gasteiger partial charge in [-0.2, -0.15) is 13.2 Å². The molecule has 1 amide bonds. The Morgan fingerprint density at radius 2 is 1.81 bits per heavy atom. The first-order valence-electron chi connectivity index (χ1n) is 8.07. The Labute approximate surface area is 148 Å². The summed E-state index contributed by atoms with van der Waals surface area (Å²) in [5, 5.41) is 2.66. The molecule has 1 aliphatic heterocycles. The first-order chi connectivity index (χ1) is 12.3. The lowest BCUT2D eigenvalue weighted by molar-refractivity contribution is -0.137. The molecule has 1 heterocycles. The van der Waals surface area contributed by atoms with E-state index in [1.165, 1.54) is 12.1 Å². The van der Waals surface area contributed by atoms with Gasteiger partial charge in [0.15, 0.2) is 6.10 Å². The summed E-state index contributed by atoms with van der Waals surface area (Å²) in [6.07, 6.45) is -4.59. The summed E-state index contributed by atoms with van der Waals surface area (Å²) in [6.45, 7) is 0.236. The van der Waals surface area contributed by atoms with Crippen LogP contribution in [-0.4, -0.2) is 24.5 Å². The summed E-state index contributed by atoms with van der Waals surface area (Å²) in [5.41, 5.74) is 1.18. The lowest BCUT2D eigenvalue weighted by atomic mass is 9.98. The molecule has 3 rings (SSSR count). The number of amides is 1. The first-order valence-corrected chi connectivity index (χ1v) is 8.07. The molecule has 1 aliphatic rings. The third-order valence-corrected chi connectivity index (χ3v) is 4.18. The number of ether oxygens (including phenoxy) is 1. The zero-order valence-electron chi connectivity index (χ0n) is 13.7. The second kappa shape index (κ2) is 7.19. The fourth-order valence-electron chi connectivity index (χ4n) is 2.78. The predicted octanol–water partition coefficient (Wildman–Crippen LogP) is 3.15. The number of cyclic esters (lactones) is 1. The summed E-state index contributed by atoms with van der Waals surface area (Å²) >= 11 is 0. The molecule has 1 unspecified atom stereocenters. The second-order valence-corrected chi connectivity index (χ2v) is 5.99. The smallest absolute Gasteiger partial charge is 0.416 e.